The van der Waals surface area contributed by atoms with Crippen LogP contribution in [-0.2, 0) is 6.54 Å². The van der Waals surface area contributed by atoms with Crippen molar-refractivity contribution in [1.29, 1.82) is 0 Å². The maximum atomic E-state index is 12.7. The normalized spacial score (nSPS) is 10.5. The number of rotatable bonds is 5. The molecule has 1 amide bonds. The molecule has 0 saturated heterocycles. The summed E-state index contributed by atoms with van der Waals surface area (Å²) >= 11 is 0. The molecule has 0 fully saturated rings. The molecule has 1 N–H and O–H groups in total. The first-order valence-corrected chi connectivity index (χ1v) is 8.14. The Bertz CT molecular complexity index is 914. The first kappa shape index (κ1) is 16.6. The molecule has 0 unspecified atom stereocenters. The molecule has 1 aromatic heterocycles. The van der Waals surface area contributed by atoms with E-state index in [4.69, 9.17) is 0 Å². The summed E-state index contributed by atoms with van der Waals surface area (Å²) in [5.74, 6) is -0.400. The van der Waals surface area contributed by atoms with Gasteiger partial charge in [0.1, 0.15) is 0 Å². The van der Waals surface area contributed by atoms with Crippen molar-refractivity contribution in [2.75, 3.05) is 5.32 Å². The largest absolute Gasteiger partial charge is 0.321 e. The van der Waals surface area contributed by atoms with Crippen molar-refractivity contribution in [1.82, 2.24) is 9.78 Å². The van der Waals surface area contributed by atoms with Gasteiger partial charge in [0, 0.05) is 23.9 Å². The predicted octanol–water partition coefficient (Wildman–Crippen LogP) is 3.69. The fourth-order valence-corrected chi connectivity index (χ4v) is 2.63. The molecule has 0 aliphatic rings. The number of aromatic nitrogens is 2. The zero-order valence-corrected chi connectivity index (χ0v) is 14.2. The number of nitrogens with zero attached hydrogens (tertiary/aromatic N) is 2. The molecule has 0 spiro atoms. The van der Waals surface area contributed by atoms with E-state index in [1.54, 1.807) is 54.2 Å². The van der Waals surface area contributed by atoms with Crippen LogP contribution in [0.15, 0.2) is 60.8 Å². The minimum absolute atomic E-state index is 0.127. The molecule has 0 aliphatic heterocycles. The van der Waals surface area contributed by atoms with E-state index in [9.17, 15) is 9.59 Å². The van der Waals surface area contributed by atoms with Crippen molar-refractivity contribution in [3.8, 4) is 0 Å². The Hall–Kier alpha value is -3.21. The molecule has 0 aliphatic carbocycles. The van der Waals surface area contributed by atoms with Gasteiger partial charge in [-0.25, -0.2) is 0 Å². The number of aryl methyl sites for hydroxylation is 2. The number of amides is 1. The minimum Gasteiger partial charge on any atom is -0.321 e. The van der Waals surface area contributed by atoms with Gasteiger partial charge in [-0.3, -0.25) is 14.3 Å². The van der Waals surface area contributed by atoms with Gasteiger partial charge < -0.3 is 5.32 Å². The molecule has 2 aromatic carbocycles. The molecule has 3 aromatic rings. The van der Waals surface area contributed by atoms with Crippen molar-refractivity contribution >= 4 is 17.4 Å². The molecule has 1 heterocycles. The molecule has 0 atom stereocenters. The zero-order chi connectivity index (χ0) is 17.8. The quantitative estimate of drug-likeness (QED) is 0.724. The smallest absolute Gasteiger partial charge is 0.259 e. The summed E-state index contributed by atoms with van der Waals surface area (Å²) < 4.78 is 1.71. The van der Waals surface area contributed by atoms with E-state index in [-0.39, 0.29) is 11.7 Å². The summed E-state index contributed by atoms with van der Waals surface area (Å²) in [4.78, 5) is 25.3. The molecule has 0 radical (unpaired) electrons. The number of ketones is 1. The van der Waals surface area contributed by atoms with Gasteiger partial charge in [-0.1, -0.05) is 42.5 Å². The number of carbonyl (C=O) groups excluding carboxylic acids is 2. The highest BCUT2D eigenvalue weighted by Gasteiger charge is 2.18. The lowest BCUT2D eigenvalue weighted by atomic mass is 10.0. The fourth-order valence-electron chi connectivity index (χ4n) is 2.63. The Balaban J connectivity index is 1.90. The van der Waals surface area contributed by atoms with Gasteiger partial charge in [0.25, 0.3) is 5.91 Å². The maximum Gasteiger partial charge on any atom is 0.259 e. The first-order chi connectivity index (χ1) is 12.1. The van der Waals surface area contributed by atoms with Gasteiger partial charge in [0.15, 0.2) is 5.78 Å². The van der Waals surface area contributed by atoms with Crippen LogP contribution in [0.5, 0.6) is 0 Å². The SMILES string of the molecule is CCn1cc(C(=O)Nc2ccccc2C(=O)c2ccccc2)c(C)n1. The van der Waals surface area contributed by atoms with E-state index < -0.39 is 0 Å². The Morgan fingerprint density at radius 2 is 1.68 bits per heavy atom. The van der Waals surface area contributed by atoms with Crippen LogP contribution in [0.2, 0.25) is 0 Å². The third-order valence-corrected chi connectivity index (χ3v) is 3.97. The molecule has 5 heteroatoms. The second-order valence-corrected chi connectivity index (χ2v) is 5.68. The van der Waals surface area contributed by atoms with Crippen molar-refractivity contribution < 1.29 is 9.59 Å². The number of para-hydroxylation sites is 1. The van der Waals surface area contributed by atoms with Crippen molar-refractivity contribution in [2.24, 2.45) is 0 Å². The number of carbonyl (C=O) groups is 2. The topological polar surface area (TPSA) is 64.0 Å². The summed E-state index contributed by atoms with van der Waals surface area (Å²) in [6.45, 7) is 4.45. The fraction of sp³-hybridized carbons (Fsp3) is 0.150. The summed E-state index contributed by atoms with van der Waals surface area (Å²) in [5.41, 5.74) is 2.70. The first-order valence-electron chi connectivity index (χ1n) is 8.14. The van der Waals surface area contributed by atoms with E-state index in [0.717, 1.165) is 0 Å². The van der Waals surface area contributed by atoms with Crippen LogP contribution in [0.25, 0.3) is 0 Å². The van der Waals surface area contributed by atoms with Crippen molar-refractivity contribution in [2.45, 2.75) is 20.4 Å². The minimum atomic E-state index is -0.273. The van der Waals surface area contributed by atoms with Crippen LogP contribution in [0.1, 0.15) is 38.9 Å². The van der Waals surface area contributed by atoms with Crippen LogP contribution in [0.4, 0.5) is 5.69 Å². The van der Waals surface area contributed by atoms with Crippen molar-refractivity contribution in [3.63, 3.8) is 0 Å². The second kappa shape index (κ2) is 7.13. The second-order valence-electron chi connectivity index (χ2n) is 5.68. The average Bonchev–Trinajstić information content (AvgIpc) is 3.03. The van der Waals surface area contributed by atoms with Crippen LogP contribution in [-0.4, -0.2) is 21.5 Å². The lowest BCUT2D eigenvalue weighted by Gasteiger charge is -2.10. The van der Waals surface area contributed by atoms with Crippen LogP contribution in [0.3, 0.4) is 0 Å². The molecular formula is C20H19N3O2. The Morgan fingerprint density at radius 3 is 2.36 bits per heavy atom. The Morgan fingerprint density at radius 1 is 1.00 bits per heavy atom. The molecule has 0 bridgehead atoms. The molecule has 5 nitrogen and oxygen atoms in total. The average molecular weight is 333 g/mol. The number of hydrogen-bond donors (Lipinski definition) is 1. The molecule has 0 saturated carbocycles. The van der Waals surface area contributed by atoms with Gasteiger partial charge in [-0.2, -0.15) is 5.10 Å². The van der Waals surface area contributed by atoms with Crippen molar-refractivity contribution in [3.05, 3.63) is 83.2 Å². The number of nitrogens with one attached hydrogen (secondary N) is 1. The Kier molecular flexibility index (Phi) is 4.75. The number of anilines is 1. The highest BCUT2D eigenvalue weighted by atomic mass is 16.2. The monoisotopic (exact) mass is 333 g/mol. The molecule has 126 valence electrons. The van der Waals surface area contributed by atoms with Crippen LogP contribution >= 0.6 is 0 Å². The van der Waals surface area contributed by atoms with Gasteiger partial charge in [-0.15, -0.1) is 0 Å². The predicted molar refractivity (Wildman–Crippen MR) is 96.9 cm³/mol. The number of benzene rings is 2. The summed E-state index contributed by atoms with van der Waals surface area (Å²) in [6.07, 6.45) is 1.71. The maximum absolute atomic E-state index is 12.7. The zero-order valence-electron chi connectivity index (χ0n) is 14.2. The molecule has 3 rings (SSSR count). The number of hydrogen-bond acceptors (Lipinski definition) is 3. The standard InChI is InChI=1S/C20H19N3O2/c1-3-23-13-17(14(2)22-23)20(25)21-18-12-8-7-11-16(18)19(24)15-9-5-4-6-10-15/h4-13H,3H2,1-2H3,(H,21,25). The lowest BCUT2D eigenvalue weighted by Crippen LogP contribution is -2.15. The highest BCUT2D eigenvalue weighted by molar-refractivity contribution is 6.15. The highest BCUT2D eigenvalue weighted by Crippen LogP contribution is 2.20. The van der Waals surface area contributed by atoms with E-state index >= 15 is 0 Å². The summed E-state index contributed by atoms with van der Waals surface area (Å²) in [6, 6.07) is 16.0. The van der Waals surface area contributed by atoms with Gasteiger partial charge >= 0.3 is 0 Å². The Labute approximate surface area is 146 Å². The third-order valence-electron chi connectivity index (χ3n) is 3.97. The van der Waals surface area contributed by atoms with Crippen LogP contribution < -0.4 is 5.32 Å². The van der Waals surface area contributed by atoms with Gasteiger partial charge in [0.2, 0.25) is 0 Å². The third kappa shape index (κ3) is 3.50. The van der Waals surface area contributed by atoms with E-state index in [2.05, 4.69) is 10.4 Å². The van der Waals surface area contributed by atoms with E-state index in [0.29, 0.717) is 34.6 Å². The summed E-state index contributed by atoms with van der Waals surface area (Å²) in [5, 5.41) is 7.13. The summed E-state index contributed by atoms with van der Waals surface area (Å²) in [7, 11) is 0. The van der Waals surface area contributed by atoms with E-state index in [1.807, 2.05) is 25.1 Å². The molecular weight excluding hydrogens is 314 g/mol. The van der Waals surface area contributed by atoms with E-state index in [1.165, 1.54) is 0 Å². The van der Waals surface area contributed by atoms with Gasteiger partial charge in [0.05, 0.1) is 16.9 Å². The lowest BCUT2D eigenvalue weighted by molar-refractivity contribution is 0.102. The van der Waals surface area contributed by atoms with Gasteiger partial charge in [-0.05, 0) is 26.0 Å². The molecule has 25 heavy (non-hydrogen) atoms. The van der Waals surface area contributed by atoms with Crippen LogP contribution in [0, 0.1) is 6.92 Å².